The van der Waals surface area contributed by atoms with E-state index in [0.717, 1.165) is 18.2 Å². The summed E-state index contributed by atoms with van der Waals surface area (Å²) in [5.74, 6) is -0.759. The standard InChI is InChI=1S/C13H18FN3O3/c1-8(2)16-13(18)9(3)15-7-10-6-11(14)4-5-12(10)17(19)20/h4-6,8-9,15H,7H2,1-3H3,(H,16,18). The van der Waals surface area contributed by atoms with Gasteiger partial charge in [-0.1, -0.05) is 0 Å². The normalized spacial score (nSPS) is 12.2. The fraction of sp³-hybridized carbons (Fsp3) is 0.462. The molecule has 0 bridgehead atoms. The van der Waals surface area contributed by atoms with Crippen LogP contribution >= 0.6 is 0 Å². The SMILES string of the molecule is CC(C)NC(=O)C(C)NCc1cc(F)ccc1[N+](=O)[O-]. The van der Waals surface area contributed by atoms with Gasteiger partial charge in [0.1, 0.15) is 5.82 Å². The number of carbonyl (C=O) groups is 1. The second-order valence-corrected chi connectivity index (χ2v) is 4.80. The molecule has 1 atom stereocenters. The molecule has 1 aromatic carbocycles. The maximum absolute atomic E-state index is 13.1. The first-order valence-electron chi connectivity index (χ1n) is 6.28. The van der Waals surface area contributed by atoms with Crippen LogP contribution in [0.15, 0.2) is 18.2 Å². The zero-order valence-corrected chi connectivity index (χ0v) is 11.6. The molecule has 1 unspecified atom stereocenters. The molecule has 1 aromatic rings. The van der Waals surface area contributed by atoms with Gasteiger partial charge in [-0.15, -0.1) is 0 Å². The molecule has 6 nitrogen and oxygen atoms in total. The van der Waals surface area contributed by atoms with Crippen molar-refractivity contribution in [2.75, 3.05) is 0 Å². The largest absolute Gasteiger partial charge is 0.353 e. The number of hydrogen-bond donors (Lipinski definition) is 2. The Balaban J connectivity index is 2.72. The summed E-state index contributed by atoms with van der Waals surface area (Å²) in [6.07, 6.45) is 0. The topological polar surface area (TPSA) is 84.3 Å². The number of nitro groups is 1. The Kier molecular flexibility index (Phi) is 5.57. The van der Waals surface area contributed by atoms with E-state index in [1.54, 1.807) is 6.92 Å². The van der Waals surface area contributed by atoms with Crippen molar-refractivity contribution in [3.63, 3.8) is 0 Å². The number of nitro benzene ring substituents is 1. The van der Waals surface area contributed by atoms with Gasteiger partial charge in [0.15, 0.2) is 0 Å². The van der Waals surface area contributed by atoms with E-state index in [9.17, 15) is 19.3 Å². The summed E-state index contributed by atoms with van der Waals surface area (Å²) in [5.41, 5.74) is 0.0366. The van der Waals surface area contributed by atoms with Crippen molar-refractivity contribution in [1.82, 2.24) is 10.6 Å². The molecule has 0 saturated heterocycles. The number of benzene rings is 1. The smallest absolute Gasteiger partial charge is 0.274 e. The molecule has 0 radical (unpaired) electrons. The van der Waals surface area contributed by atoms with Gasteiger partial charge in [-0.2, -0.15) is 0 Å². The lowest BCUT2D eigenvalue weighted by atomic mass is 10.1. The highest BCUT2D eigenvalue weighted by atomic mass is 19.1. The van der Waals surface area contributed by atoms with E-state index >= 15 is 0 Å². The van der Waals surface area contributed by atoms with Crippen molar-refractivity contribution in [2.24, 2.45) is 0 Å². The molecule has 0 aliphatic carbocycles. The van der Waals surface area contributed by atoms with Crippen LogP contribution in [-0.2, 0) is 11.3 Å². The average Bonchev–Trinajstić information content (AvgIpc) is 2.34. The molecule has 0 heterocycles. The van der Waals surface area contributed by atoms with Gasteiger partial charge in [0.2, 0.25) is 5.91 Å². The van der Waals surface area contributed by atoms with Crippen LogP contribution in [0.25, 0.3) is 0 Å². The van der Waals surface area contributed by atoms with Crippen LogP contribution in [0.2, 0.25) is 0 Å². The number of hydrogen-bond acceptors (Lipinski definition) is 4. The number of carbonyl (C=O) groups excluding carboxylic acids is 1. The van der Waals surface area contributed by atoms with E-state index in [4.69, 9.17) is 0 Å². The van der Waals surface area contributed by atoms with Gasteiger partial charge in [-0.05, 0) is 32.9 Å². The molecule has 0 fully saturated rings. The van der Waals surface area contributed by atoms with Crippen molar-refractivity contribution in [1.29, 1.82) is 0 Å². The summed E-state index contributed by atoms with van der Waals surface area (Å²) in [5, 5.41) is 16.4. The lowest BCUT2D eigenvalue weighted by molar-refractivity contribution is -0.385. The molecule has 7 heteroatoms. The van der Waals surface area contributed by atoms with Gasteiger partial charge in [0, 0.05) is 24.2 Å². The van der Waals surface area contributed by atoms with E-state index in [2.05, 4.69) is 10.6 Å². The molecule has 2 N–H and O–H groups in total. The van der Waals surface area contributed by atoms with E-state index in [1.807, 2.05) is 13.8 Å². The molecule has 0 aliphatic heterocycles. The van der Waals surface area contributed by atoms with Gasteiger partial charge in [-0.25, -0.2) is 4.39 Å². The number of amides is 1. The van der Waals surface area contributed by atoms with Crippen LogP contribution in [0.4, 0.5) is 10.1 Å². The summed E-state index contributed by atoms with van der Waals surface area (Å²) in [7, 11) is 0. The van der Waals surface area contributed by atoms with Crippen LogP contribution in [0.1, 0.15) is 26.3 Å². The highest BCUT2D eigenvalue weighted by molar-refractivity contribution is 5.81. The van der Waals surface area contributed by atoms with E-state index in [0.29, 0.717) is 0 Å². The summed E-state index contributed by atoms with van der Waals surface area (Å²) in [6.45, 7) is 5.35. The van der Waals surface area contributed by atoms with Gasteiger partial charge in [0.05, 0.1) is 11.0 Å². The molecular weight excluding hydrogens is 265 g/mol. The molecule has 1 rings (SSSR count). The fourth-order valence-corrected chi connectivity index (χ4v) is 1.64. The molecule has 0 spiro atoms. The minimum Gasteiger partial charge on any atom is -0.353 e. The van der Waals surface area contributed by atoms with Crippen molar-refractivity contribution >= 4 is 11.6 Å². The maximum Gasteiger partial charge on any atom is 0.274 e. The Labute approximate surface area is 116 Å². The Morgan fingerprint density at radius 2 is 2.05 bits per heavy atom. The first-order chi connectivity index (χ1) is 9.31. The Bertz CT molecular complexity index is 506. The number of nitrogens with one attached hydrogen (secondary N) is 2. The second kappa shape index (κ2) is 6.95. The molecule has 20 heavy (non-hydrogen) atoms. The lowest BCUT2D eigenvalue weighted by Gasteiger charge is -2.16. The Morgan fingerprint density at radius 1 is 1.40 bits per heavy atom. The number of rotatable bonds is 6. The minimum atomic E-state index is -0.574. The third-order valence-electron chi connectivity index (χ3n) is 2.66. The van der Waals surface area contributed by atoms with E-state index in [-0.39, 0.29) is 29.7 Å². The predicted octanol–water partition coefficient (Wildman–Crippen LogP) is 1.74. The minimum absolute atomic E-state index is 0.00950. The fourth-order valence-electron chi connectivity index (χ4n) is 1.64. The number of nitrogens with zero attached hydrogens (tertiary/aromatic N) is 1. The van der Waals surface area contributed by atoms with Crippen molar-refractivity contribution < 1.29 is 14.1 Å². The summed E-state index contributed by atoms with van der Waals surface area (Å²) in [6, 6.07) is 2.73. The average molecular weight is 283 g/mol. The molecule has 0 aliphatic rings. The monoisotopic (exact) mass is 283 g/mol. The van der Waals surface area contributed by atoms with Crippen molar-refractivity contribution in [3.8, 4) is 0 Å². The third-order valence-corrected chi connectivity index (χ3v) is 2.66. The van der Waals surface area contributed by atoms with Gasteiger partial charge in [-0.3, -0.25) is 14.9 Å². The zero-order valence-electron chi connectivity index (χ0n) is 11.6. The molecule has 1 amide bonds. The molecule has 0 aromatic heterocycles. The first-order valence-corrected chi connectivity index (χ1v) is 6.28. The summed E-state index contributed by atoms with van der Waals surface area (Å²) >= 11 is 0. The molecule has 0 saturated carbocycles. The molecular formula is C13H18FN3O3. The van der Waals surface area contributed by atoms with Crippen LogP contribution in [0.5, 0.6) is 0 Å². The summed E-state index contributed by atoms with van der Waals surface area (Å²) in [4.78, 5) is 21.9. The highest BCUT2D eigenvalue weighted by Gasteiger charge is 2.17. The quantitative estimate of drug-likeness (QED) is 0.615. The summed E-state index contributed by atoms with van der Waals surface area (Å²) < 4.78 is 13.1. The van der Waals surface area contributed by atoms with Crippen LogP contribution in [0, 0.1) is 15.9 Å². The lowest BCUT2D eigenvalue weighted by Crippen LogP contribution is -2.44. The second-order valence-electron chi connectivity index (χ2n) is 4.80. The predicted molar refractivity (Wildman–Crippen MR) is 72.6 cm³/mol. The van der Waals surface area contributed by atoms with Crippen LogP contribution in [0.3, 0.4) is 0 Å². The van der Waals surface area contributed by atoms with Crippen molar-refractivity contribution in [3.05, 3.63) is 39.7 Å². The number of halogens is 1. The zero-order chi connectivity index (χ0) is 15.3. The van der Waals surface area contributed by atoms with E-state index in [1.165, 1.54) is 0 Å². The first kappa shape index (κ1) is 16.0. The Morgan fingerprint density at radius 3 is 2.60 bits per heavy atom. The Hall–Kier alpha value is -2.02. The van der Waals surface area contributed by atoms with E-state index < -0.39 is 16.8 Å². The van der Waals surface area contributed by atoms with Gasteiger partial charge < -0.3 is 10.6 Å². The van der Waals surface area contributed by atoms with Gasteiger partial charge in [0.25, 0.3) is 5.69 Å². The van der Waals surface area contributed by atoms with Crippen LogP contribution < -0.4 is 10.6 Å². The highest BCUT2D eigenvalue weighted by Crippen LogP contribution is 2.19. The third kappa shape index (κ3) is 4.58. The molecule has 110 valence electrons. The maximum atomic E-state index is 13.1. The van der Waals surface area contributed by atoms with Gasteiger partial charge >= 0.3 is 0 Å². The van der Waals surface area contributed by atoms with Crippen LogP contribution in [-0.4, -0.2) is 22.9 Å². The van der Waals surface area contributed by atoms with Crippen molar-refractivity contribution in [2.45, 2.75) is 39.4 Å².